The third-order valence-corrected chi connectivity index (χ3v) is 5.37. The van der Waals surface area contributed by atoms with E-state index in [1.807, 2.05) is 22.9 Å². The van der Waals surface area contributed by atoms with E-state index in [0.717, 1.165) is 41.5 Å². The highest BCUT2D eigenvalue weighted by molar-refractivity contribution is 5.71. The summed E-state index contributed by atoms with van der Waals surface area (Å²) in [5, 5.41) is 4.75. The zero-order valence-corrected chi connectivity index (χ0v) is 16.4. The van der Waals surface area contributed by atoms with Gasteiger partial charge in [0, 0.05) is 17.7 Å². The quantitative estimate of drug-likeness (QED) is 0.505. The van der Waals surface area contributed by atoms with Gasteiger partial charge in [0.25, 0.3) is 0 Å². The Bertz CT molecular complexity index is 1160. The minimum atomic E-state index is 0.705. The monoisotopic (exact) mass is 383 g/mol. The van der Waals surface area contributed by atoms with E-state index in [9.17, 15) is 0 Å². The maximum Gasteiger partial charge on any atom is 0.181 e. The van der Waals surface area contributed by atoms with Crippen LogP contribution in [0.4, 0.5) is 0 Å². The van der Waals surface area contributed by atoms with Crippen molar-refractivity contribution in [2.75, 3.05) is 14.2 Å². The van der Waals surface area contributed by atoms with E-state index < -0.39 is 0 Å². The van der Waals surface area contributed by atoms with Crippen molar-refractivity contribution in [3.05, 3.63) is 72.3 Å². The summed E-state index contributed by atoms with van der Waals surface area (Å²) < 4.78 is 12.9. The molecule has 0 N–H and O–H groups in total. The van der Waals surface area contributed by atoms with Crippen molar-refractivity contribution in [2.45, 2.75) is 13.0 Å². The molecule has 0 saturated carbocycles. The first kappa shape index (κ1) is 17.5. The maximum atomic E-state index is 5.48. The van der Waals surface area contributed by atoms with Gasteiger partial charge < -0.3 is 9.47 Å². The molecule has 0 unspecified atom stereocenters. The van der Waals surface area contributed by atoms with E-state index in [2.05, 4.69) is 48.5 Å². The molecular formula is C24H21N3O2. The fourth-order valence-corrected chi connectivity index (χ4v) is 3.82. The second-order valence-corrected chi connectivity index (χ2v) is 7.04. The molecule has 5 rings (SSSR count). The molecule has 1 aromatic heterocycles. The van der Waals surface area contributed by atoms with Crippen LogP contribution in [0.15, 0.2) is 66.7 Å². The van der Waals surface area contributed by atoms with Crippen LogP contribution in [-0.4, -0.2) is 29.0 Å². The topological polar surface area (TPSA) is 49.2 Å². The zero-order valence-electron chi connectivity index (χ0n) is 16.4. The van der Waals surface area contributed by atoms with Gasteiger partial charge in [0.15, 0.2) is 23.1 Å². The van der Waals surface area contributed by atoms with Crippen LogP contribution in [0.2, 0.25) is 0 Å². The van der Waals surface area contributed by atoms with Crippen molar-refractivity contribution in [3.8, 4) is 45.4 Å². The summed E-state index contributed by atoms with van der Waals surface area (Å²) in [6.45, 7) is 0.799. The number of benzene rings is 3. The molecule has 1 aliphatic rings. The molecule has 0 spiro atoms. The largest absolute Gasteiger partial charge is 0.493 e. The minimum absolute atomic E-state index is 0.705. The van der Waals surface area contributed by atoms with Crippen molar-refractivity contribution < 1.29 is 9.47 Å². The standard InChI is InChI=1S/C24H21N3O2/c1-28-21-14-19-12-13-27-24(20(19)15-22(21)29-2)25-23(26-27)18-10-8-17(9-11-18)16-6-4-3-5-7-16/h3-11,14-15H,12-13H2,1-2H3. The highest BCUT2D eigenvalue weighted by atomic mass is 16.5. The molecule has 1 aliphatic heterocycles. The third kappa shape index (κ3) is 3.05. The maximum absolute atomic E-state index is 5.48. The van der Waals surface area contributed by atoms with Gasteiger partial charge in [-0.15, -0.1) is 0 Å². The van der Waals surface area contributed by atoms with Crippen LogP contribution < -0.4 is 9.47 Å². The third-order valence-electron chi connectivity index (χ3n) is 5.37. The van der Waals surface area contributed by atoms with Crippen molar-refractivity contribution in [2.24, 2.45) is 0 Å². The van der Waals surface area contributed by atoms with Gasteiger partial charge >= 0.3 is 0 Å². The number of aryl methyl sites for hydroxylation is 2. The van der Waals surface area contributed by atoms with E-state index in [-0.39, 0.29) is 0 Å². The molecule has 144 valence electrons. The van der Waals surface area contributed by atoms with Crippen LogP contribution in [0.3, 0.4) is 0 Å². The Morgan fingerprint density at radius 1 is 0.793 bits per heavy atom. The Balaban J connectivity index is 1.52. The summed E-state index contributed by atoms with van der Waals surface area (Å²) in [5.74, 6) is 3.06. The lowest BCUT2D eigenvalue weighted by molar-refractivity contribution is 0.354. The lowest BCUT2D eigenvalue weighted by Gasteiger charge is -2.19. The molecule has 4 aromatic rings. The summed E-state index contributed by atoms with van der Waals surface area (Å²) in [4.78, 5) is 4.85. The van der Waals surface area contributed by atoms with Gasteiger partial charge in [-0.25, -0.2) is 9.67 Å². The second kappa shape index (κ2) is 7.09. The predicted molar refractivity (Wildman–Crippen MR) is 113 cm³/mol. The fraction of sp³-hybridized carbons (Fsp3) is 0.167. The number of ether oxygens (including phenoxy) is 2. The normalized spacial score (nSPS) is 12.2. The van der Waals surface area contributed by atoms with Crippen LogP contribution in [-0.2, 0) is 13.0 Å². The SMILES string of the molecule is COc1cc2c(cc1OC)-c1nc(-c3ccc(-c4ccccc4)cc3)nn1CC2. The average molecular weight is 383 g/mol. The molecule has 0 amide bonds. The lowest BCUT2D eigenvalue weighted by Crippen LogP contribution is -2.12. The van der Waals surface area contributed by atoms with Gasteiger partial charge in [0.2, 0.25) is 0 Å². The summed E-state index contributed by atoms with van der Waals surface area (Å²) in [6, 6.07) is 22.8. The Labute approximate surface area is 169 Å². The smallest absolute Gasteiger partial charge is 0.181 e. The van der Waals surface area contributed by atoms with Crippen molar-refractivity contribution in [3.63, 3.8) is 0 Å². The highest BCUT2D eigenvalue weighted by Gasteiger charge is 2.23. The first-order valence-corrected chi connectivity index (χ1v) is 9.63. The number of fused-ring (bicyclic) bond motifs is 3. The van der Waals surface area contributed by atoms with Gasteiger partial charge in [-0.2, -0.15) is 5.10 Å². The Morgan fingerprint density at radius 3 is 2.17 bits per heavy atom. The lowest BCUT2D eigenvalue weighted by atomic mass is 10.00. The van der Waals surface area contributed by atoms with Crippen LogP contribution in [0.25, 0.3) is 33.9 Å². The Hall–Kier alpha value is -3.60. The zero-order chi connectivity index (χ0) is 19.8. The molecule has 0 fully saturated rings. The van der Waals surface area contributed by atoms with E-state index in [0.29, 0.717) is 5.75 Å². The van der Waals surface area contributed by atoms with Crippen LogP contribution in [0, 0.1) is 0 Å². The van der Waals surface area contributed by atoms with Gasteiger partial charge in [0.1, 0.15) is 0 Å². The molecule has 0 aliphatic carbocycles. The average Bonchev–Trinajstić information content (AvgIpc) is 3.23. The Morgan fingerprint density at radius 2 is 1.45 bits per heavy atom. The van der Waals surface area contributed by atoms with Crippen LogP contribution >= 0.6 is 0 Å². The predicted octanol–water partition coefficient (Wildman–Crippen LogP) is 4.85. The van der Waals surface area contributed by atoms with Gasteiger partial charge in [-0.3, -0.25) is 0 Å². The summed E-state index contributed by atoms with van der Waals surface area (Å²) in [7, 11) is 3.31. The van der Waals surface area contributed by atoms with Gasteiger partial charge in [-0.1, -0.05) is 54.6 Å². The number of nitrogens with zero attached hydrogens (tertiary/aromatic N) is 3. The molecule has 0 atom stereocenters. The van der Waals surface area contributed by atoms with Gasteiger partial charge in [0.05, 0.1) is 14.2 Å². The second-order valence-electron chi connectivity index (χ2n) is 7.04. The fourth-order valence-electron chi connectivity index (χ4n) is 3.82. The number of rotatable bonds is 4. The van der Waals surface area contributed by atoms with Gasteiger partial charge in [-0.05, 0) is 35.2 Å². The first-order valence-electron chi connectivity index (χ1n) is 9.63. The van der Waals surface area contributed by atoms with Crippen LogP contribution in [0.1, 0.15) is 5.56 Å². The van der Waals surface area contributed by atoms with E-state index >= 15 is 0 Å². The molecule has 0 radical (unpaired) electrons. The van der Waals surface area contributed by atoms with E-state index in [4.69, 9.17) is 19.6 Å². The molecular weight excluding hydrogens is 362 g/mol. The minimum Gasteiger partial charge on any atom is -0.493 e. The summed E-state index contributed by atoms with van der Waals surface area (Å²) >= 11 is 0. The number of hydrogen-bond acceptors (Lipinski definition) is 4. The van der Waals surface area contributed by atoms with Crippen molar-refractivity contribution in [1.29, 1.82) is 0 Å². The Kier molecular flexibility index (Phi) is 4.28. The first-order chi connectivity index (χ1) is 14.3. The molecule has 5 nitrogen and oxygen atoms in total. The van der Waals surface area contributed by atoms with E-state index in [1.54, 1.807) is 14.2 Å². The molecule has 0 saturated heterocycles. The molecule has 2 heterocycles. The van der Waals surface area contributed by atoms with Crippen molar-refractivity contribution in [1.82, 2.24) is 14.8 Å². The number of methoxy groups -OCH3 is 2. The van der Waals surface area contributed by atoms with Crippen LogP contribution in [0.5, 0.6) is 11.5 Å². The number of hydrogen-bond donors (Lipinski definition) is 0. The number of aromatic nitrogens is 3. The highest BCUT2D eigenvalue weighted by Crippen LogP contribution is 2.38. The summed E-state index contributed by atoms with van der Waals surface area (Å²) in [5.41, 5.74) is 5.64. The molecule has 29 heavy (non-hydrogen) atoms. The summed E-state index contributed by atoms with van der Waals surface area (Å²) in [6.07, 6.45) is 0.887. The van der Waals surface area contributed by atoms with E-state index in [1.165, 1.54) is 16.7 Å². The van der Waals surface area contributed by atoms with Crippen molar-refractivity contribution >= 4 is 0 Å². The molecule has 3 aromatic carbocycles. The molecule has 5 heteroatoms. The molecule has 0 bridgehead atoms.